The summed E-state index contributed by atoms with van der Waals surface area (Å²) in [6, 6.07) is 1.73. The Bertz CT molecular complexity index is 325. The third kappa shape index (κ3) is 2.42. The summed E-state index contributed by atoms with van der Waals surface area (Å²) >= 11 is 5.65. The summed E-state index contributed by atoms with van der Waals surface area (Å²) in [5.74, 6) is 0.532. The normalized spacial score (nSPS) is 9.77. The van der Waals surface area contributed by atoms with Crippen molar-refractivity contribution in [1.29, 1.82) is 0 Å². The minimum atomic E-state index is 0.380. The van der Waals surface area contributed by atoms with E-state index in [0.717, 1.165) is 5.56 Å². The molecule has 1 aromatic heterocycles. The quantitative estimate of drug-likeness (QED) is 0.700. The molecule has 0 spiro atoms. The lowest BCUT2D eigenvalue weighted by molar-refractivity contribution is 0.297. The lowest BCUT2D eigenvalue weighted by Crippen LogP contribution is -1.98. The van der Waals surface area contributed by atoms with Crippen molar-refractivity contribution in [3.63, 3.8) is 0 Å². The molecule has 0 atom stereocenters. The second-order valence-electron chi connectivity index (χ2n) is 2.55. The molecule has 13 heavy (non-hydrogen) atoms. The molecule has 0 bridgehead atoms. The van der Waals surface area contributed by atoms with Gasteiger partial charge in [-0.25, -0.2) is 0 Å². The Hall–Kier alpha value is -1.09. The molecule has 0 aliphatic heterocycles. The SMILES string of the molecule is C=C(OCC)c1nnc(Cl)cc1C. The fourth-order valence-corrected chi connectivity index (χ4v) is 1.17. The van der Waals surface area contributed by atoms with Crippen LogP contribution >= 0.6 is 11.6 Å². The fourth-order valence-electron chi connectivity index (χ4n) is 0.971. The molecule has 0 amide bonds. The van der Waals surface area contributed by atoms with Gasteiger partial charge in [-0.1, -0.05) is 18.2 Å². The summed E-state index contributed by atoms with van der Waals surface area (Å²) in [4.78, 5) is 0. The van der Waals surface area contributed by atoms with Crippen LogP contribution in [0, 0.1) is 6.92 Å². The van der Waals surface area contributed by atoms with Gasteiger partial charge in [0.1, 0.15) is 11.5 Å². The number of hydrogen-bond acceptors (Lipinski definition) is 3. The number of nitrogens with zero attached hydrogens (tertiary/aromatic N) is 2. The second-order valence-corrected chi connectivity index (χ2v) is 2.94. The van der Waals surface area contributed by atoms with Crippen molar-refractivity contribution in [3.8, 4) is 0 Å². The lowest BCUT2D eigenvalue weighted by atomic mass is 10.2. The Balaban J connectivity index is 2.95. The van der Waals surface area contributed by atoms with Crippen molar-refractivity contribution in [2.75, 3.05) is 6.61 Å². The number of aryl methyl sites for hydroxylation is 1. The average Bonchev–Trinajstić information content (AvgIpc) is 2.04. The van der Waals surface area contributed by atoms with Crippen LogP contribution < -0.4 is 0 Å². The molecule has 0 aliphatic rings. The maximum atomic E-state index is 5.65. The van der Waals surface area contributed by atoms with E-state index in [9.17, 15) is 0 Å². The lowest BCUT2D eigenvalue weighted by Gasteiger charge is -2.07. The summed E-state index contributed by atoms with van der Waals surface area (Å²) in [5, 5.41) is 7.99. The monoisotopic (exact) mass is 198 g/mol. The van der Waals surface area contributed by atoms with Crippen LogP contribution in [0.25, 0.3) is 5.76 Å². The van der Waals surface area contributed by atoms with Crippen LogP contribution in [0.5, 0.6) is 0 Å². The van der Waals surface area contributed by atoms with E-state index >= 15 is 0 Å². The van der Waals surface area contributed by atoms with Crippen molar-refractivity contribution >= 4 is 17.4 Å². The standard InChI is InChI=1S/C9H11ClN2O/c1-4-13-7(3)9-6(2)5-8(10)11-12-9/h5H,3-4H2,1-2H3. The highest BCUT2D eigenvalue weighted by molar-refractivity contribution is 6.29. The molecule has 0 saturated heterocycles. The minimum absolute atomic E-state index is 0.380. The van der Waals surface area contributed by atoms with Crippen molar-refractivity contribution in [3.05, 3.63) is 29.1 Å². The molecule has 0 unspecified atom stereocenters. The van der Waals surface area contributed by atoms with Crippen LogP contribution in [-0.4, -0.2) is 16.8 Å². The molecule has 1 aromatic rings. The topological polar surface area (TPSA) is 35.0 Å². The molecule has 3 nitrogen and oxygen atoms in total. The highest BCUT2D eigenvalue weighted by Crippen LogP contribution is 2.16. The van der Waals surface area contributed by atoms with E-state index in [0.29, 0.717) is 23.2 Å². The van der Waals surface area contributed by atoms with Gasteiger partial charge in [0.2, 0.25) is 0 Å². The highest BCUT2D eigenvalue weighted by atomic mass is 35.5. The van der Waals surface area contributed by atoms with Crippen molar-refractivity contribution in [1.82, 2.24) is 10.2 Å². The molecule has 1 rings (SSSR count). The summed E-state index contributed by atoms with van der Waals surface area (Å²) < 4.78 is 5.21. The van der Waals surface area contributed by atoms with Crippen LogP contribution in [0.15, 0.2) is 12.6 Å². The van der Waals surface area contributed by atoms with Gasteiger partial charge in [-0.2, -0.15) is 0 Å². The van der Waals surface area contributed by atoms with E-state index in [1.54, 1.807) is 6.07 Å². The van der Waals surface area contributed by atoms with Gasteiger partial charge in [0.25, 0.3) is 0 Å². The van der Waals surface area contributed by atoms with Crippen molar-refractivity contribution in [2.24, 2.45) is 0 Å². The third-order valence-electron chi connectivity index (χ3n) is 1.54. The van der Waals surface area contributed by atoms with Crippen LogP contribution in [0.4, 0.5) is 0 Å². The predicted octanol–water partition coefficient (Wildman–Crippen LogP) is 2.45. The summed E-state index contributed by atoms with van der Waals surface area (Å²) in [6.07, 6.45) is 0. The average molecular weight is 199 g/mol. The molecule has 0 aliphatic carbocycles. The molecule has 0 saturated carbocycles. The van der Waals surface area contributed by atoms with Crippen molar-refractivity contribution < 1.29 is 4.74 Å². The predicted molar refractivity (Wildman–Crippen MR) is 52.4 cm³/mol. The highest BCUT2D eigenvalue weighted by Gasteiger charge is 2.06. The molecule has 0 N–H and O–H groups in total. The van der Waals surface area contributed by atoms with Gasteiger partial charge in [-0.15, -0.1) is 10.2 Å². The van der Waals surface area contributed by atoms with E-state index in [4.69, 9.17) is 16.3 Å². The van der Waals surface area contributed by atoms with E-state index in [-0.39, 0.29) is 0 Å². The van der Waals surface area contributed by atoms with Gasteiger partial charge >= 0.3 is 0 Å². The molecule has 1 heterocycles. The molecule has 0 aromatic carbocycles. The largest absolute Gasteiger partial charge is 0.492 e. The van der Waals surface area contributed by atoms with E-state index < -0.39 is 0 Å². The van der Waals surface area contributed by atoms with Gasteiger partial charge < -0.3 is 4.74 Å². The molecular formula is C9H11ClN2O. The third-order valence-corrected chi connectivity index (χ3v) is 1.72. The number of hydrogen-bond donors (Lipinski definition) is 0. The van der Waals surface area contributed by atoms with Crippen LogP contribution in [0.1, 0.15) is 18.2 Å². The first-order valence-electron chi connectivity index (χ1n) is 3.97. The first-order valence-corrected chi connectivity index (χ1v) is 4.34. The molecule has 4 heteroatoms. The zero-order valence-electron chi connectivity index (χ0n) is 7.67. The summed E-state index contributed by atoms with van der Waals surface area (Å²) in [5.41, 5.74) is 1.57. The Morgan fingerprint density at radius 1 is 1.62 bits per heavy atom. The van der Waals surface area contributed by atoms with Gasteiger partial charge in [-0.05, 0) is 25.5 Å². The van der Waals surface area contributed by atoms with Crippen molar-refractivity contribution in [2.45, 2.75) is 13.8 Å². The second kappa shape index (κ2) is 4.23. The smallest absolute Gasteiger partial charge is 0.152 e. The summed E-state index contributed by atoms with van der Waals surface area (Å²) in [7, 11) is 0. The van der Waals surface area contributed by atoms with Gasteiger partial charge in [-0.3, -0.25) is 0 Å². The van der Waals surface area contributed by atoms with Gasteiger partial charge in [0.15, 0.2) is 5.15 Å². The molecule has 0 radical (unpaired) electrons. The Kier molecular flexibility index (Phi) is 3.25. The molecular weight excluding hydrogens is 188 g/mol. The minimum Gasteiger partial charge on any atom is -0.492 e. The first kappa shape index (κ1) is 9.99. The maximum Gasteiger partial charge on any atom is 0.152 e. The zero-order valence-corrected chi connectivity index (χ0v) is 8.43. The fraction of sp³-hybridized carbons (Fsp3) is 0.333. The number of rotatable bonds is 3. The number of aromatic nitrogens is 2. The zero-order chi connectivity index (χ0) is 9.84. The molecule has 0 fully saturated rings. The van der Waals surface area contributed by atoms with E-state index in [1.807, 2.05) is 13.8 Å². The Labute approximate surface area is 82.4 Å². The first-order chi connectivity index (χ1) is 6.15. The van der Waals surface area contributed by atoms with Gasteiger partial charge in [0, 0.05) is 0 Å². The number of halogens is 1. The van der Waals surface area contributed by atoms with Crippen LogP contribution in [0.2, 0.25) is 5.15 Å². The summed E-state index contributed by atoms with van der Waals surface area (Å²) in [6.45, 7) is 8.09. The Morgan fingerprint density at radius 2 is 2.31 bits per heavy atom. The number of ether oxygens (including phenoxy) is 1. The Morgan fingerprint density at radius 3 is 2.85 bits per heavy atom. The molecule has 70 valence electrons. The van der Waals surface area contributed by atoms with E-state index in [1.165, 1.54) is 0 Å². The van der Waals surface area contributed by atoms with Crippen LogP contribution in [-0.2, 0) is 4.74 Å². The van der Waals surface area contributed by atoms with Gasteiger partial charge in [0.05, 0.1) is 6.61 Å². The van der Waals surface area contributed by atoms with E-state index in [2.05, 4.69) is 16.8 Å². The maximum absolute atomic E-state index is 5.65. The van der Waals surface area contributed by atoms with Crippen LogP contribution in [0.3, 0.4) is 0 Å².